The lowest BCUT2D eigenvalue weighted by Gasteiger charge is -2.34. The molecule has 0 amide bonds. The maximum Gasteiger partial charge on any atom is 0.157 e. The van der Waals surface area contributed by atoms with E-state index in [1.807, 2.05) is 16.8 Å². The van der Waals surface area contributed by atoms with Gasteiger partial charge in [-0.05, 0) is 50.2 Å². The van der Waals surface area contributed by atoms with E-state index in [2.05, 4.69) is 64.1 Å². The van der Waals surface area contributed by atoms with Crippen molar-refractivity contribution in [3.63, 3.8) is 0 Å². The zero-order valence-corrected chi connectivity index (χ0v) is 15.6. The number of aryl methyl sites for hydroxylation is 1. The Morgan fingerprint density at radius 1 is 1.15 bits per heavy atom. The molecular formula is C20H24N6O. The van der Waals surface area contributed by atoms with Crippen molar-refractivity contribution in [3.8, 4) is 11.4 Å². The van der Waals surface area contributed by atoms with E-state index in [4.69, 9.17) is 0 Å². The van der Waals surface area contributed by atoms with E-state index >= 15 is 0 Å². The lowest BCUT2D eigenvalue weighted by atomic mass is 10.1. The molecule has 2 aromatic carbocycles. The summed E-state index contributed by atoms with van der Waals surface area (Å²) in [7, 11) is 2.05. The molecule has 0 saturated carbocycles. The number of fused-ring (bicyclic) bond motifs is 1. The zero-order chi connectivity index (χ0) is 18.8. The molecule has 1 aliphatic heterocycles. The van der Waals surface area contributed by atoms with E-state index in [1.54, 1.807) is 12.1 Å². The minimum atomic E-state index is -0.00249. The Labute approximate surface area is 158 Å². The fourth-order valence-corrected chi connectivity index (χ4v) is 3.22. The van der Waals surface area contributed by atoms with E-state index in [-0.39, 0.29) is 6.29 Å². The van der Waals surface area contributed by atoms with Gasteiger partial charge in [-0.2, -0.15) is 4.68 Å². The summed E-state index contributed by atoms with van der Waals surface area (Å²) in [6.07, 6.45) is 0.881. The maximum absolute atomic E-state index is 9.38. The molecule has 3 aromatic rings. The molecule has 1 aromatic heterocycles. The van der Waals surface area contributed by atoms with Crippen LogP contribution in [0.3, 0.4) is 0 Å². The number of hydrogen-bond donors (Lipinski definition) is 3. The highest BCUT2D eigenvalue weighted by molar-refractivity contribution is 5.50. The van der Waals surface area contributed by atoms with Gasteiger partial charge >= 0.3 is 0 Å². The number of phenolic OH excluding ortho intramolecular Hbond substituents is 1. The van der Waals surface area contributed by atoms with Gasteiger partial charge in [0.15, 0.2) is 5.82 Å². The van der Waals surface area contributed by atoms with Crippen LogP contribution in [0.4, 0.5) is 5.82 Å². The number of aromatic nitrogens is 3. The Morgan fingerprint density at radius 3 is 2.63 bits per heavy atom. The van der Waals surface area contributed by atoms with Crippen LogP contribution in [0.15, 0.2) is 48.5 Å². The highest BCUT2D eigenvalue weighted by atomic mass is 16.3. The molecule has 4 rings (SSSR count). The number of aromatic hydroxyl groups is 1. The Morgan fingerprint density at radius 2 is 1.89 bits per heavy atom. The van der Waals surface area contributed by atoms with Crippen LogP contribution in [0.25, 0.3) is 5.69 Å². The SMILES string of the molecule is Cc1ccc(-n2nnc3c2NC(NCCc2ccc(O)cc2)N(C)C3)cc1. The topological polar surface area (TPSA) is 78.2 Å². The smallest absolute Gasteiger partial charge is 0.157 e. The lowest BCUT2D eigenvalue weighted by molar-refractivity contribution is 0.208. The van der Waals surface area contributed by atoms with Crippen LogP contribution >= 0.6 is 0 Å². The van der Waals surface area contributed by atoms with Crippen molar-refractivity contribution in [1.82, 2.24) is 25.2 Å². The van der Waals surface area contributed by atoms with E-state index < -0.39 is 0 Å². The van der Waals surface area contributed by atoms with Crippen LogP contribution in [-0.4, -0.2) is 44.9 Å². The summed E-state index contributed by atoms with van der Waals surface area (Å²) in [6, 6.07) is 15.6. The Balaban J connectivity index is 1.44. The van der Waals surface area contributed by atoms with E-state index in [0.717, 1.165) is 36.7 Å². The van der Waals surface area contributed by atoms with Crippen LogP contribution in [0.1, 0.15) is 16.8 Å². The summed E-state index contributed by atoms with van der Waals surface area (Å²) in [5.74, 6) is 1.23. The average Bonchev–Trinajstić information content (AvgIpc) is 3.07. The predicted octanol–water partition coefficient (Wildman–Crippen LogP) is 2.25. The van der Waals surface area contributed by atoms with Crippen molar-refractivity contribution >= 4 is 5.82 Å². The molecule has 2 heterocycles. The fourth-order valence-electron chi connectivity index (χ4n) is 3.22. The number of phenols is 1. The molecule has 7 heteroatoms. The first kappa shape index (κ1) is 17.5. The third kappa shape index (κ3) is 3.79. The van der Waals surface area contributed by atoms with Gasteiger partial charge in [-0.1, -0.05) is 35.0 Å². The second-order valence-corrected chi connectivity index (χ2v) is 6.96. The summed E-state index contributed by atoms with van der Waals surface area (Å²) in [4.78, 5) is 2.17. The number of hydrogen-bond acceptors (Lipinski definition) is 6. The second kappa shape index (κ2) is 7.38. The summed E-state index contributed by atoms with van der Waals surface area (Å²) >= 11 is 0. The maximum atomic E-state index is 9.38. The summed E-state index contributed by atoms with van der Waals surface area (Å²) in [5.41, 5.74) is 4.34. The van der Waals surface area contributed by atoms with Gasteiger partial charge in [-0.15, -0.1) is 5.10 Å². The number of nitrogens with one attached hydrogen (secondary N) is 2. The monoisotopic (exact) mass is 364 g/mol. The predicted molar refractivity (Wildman–Crippen MR) is 105 cm³/mol. The van der Waals surface area contributed by atoms with Crippen molar-refractivity contribution in [2.75, 3.05) is 18.9 Å². The third-order valence-electron chi connectivity index (χ3n) is 4.82. The van der Waals surface area contributed by atoms with Gasteiger partial charge in [-0.3, -0.25) is 10.2 Å². The standard InChI is InChI=1S/C20H24N6O/c1-14-3-7-16(8-4-14)26-19-18(23-24-26)13-25(2)20(22-19)21-12-11-15-5-9-17(27)10-6-15/h3-10,20-22,27H,11-13H2,1-2H3. The fraction of sp³-hybridized carbons (Fsp3) is 0.300. The van der Waals surface area contributed by atoms with Crippen LogP contribution < -0.4 is 10.6 Å². The number of rotatable bonds is 5. The van der Waals surface area contributed by atoms with E-state index in [1.165, 1.54) is 11.1 Å². The van der Waals surface area contributed by atoms with Crippen LogP contribution in [0.2, 0.25) is 0 Å². The van der Waals surface area contributed by atoms with Crippen LogP contribution in [0, 0.1) is 6.92 Å². The van der Waals surface area contributed by atoms with Gasteiger partial charge < -0.3 is 10.4 Å². The first-order valence-corrected chi connectivity index (χ1v) is 9.10. The number of benzene rings is 2. The molecule has 0 aliphatic carbocycles. The van der Waals surface area contributed by atoms with Crippen molar-refractivity contribution in [2.24, 2.45) is 0 Å². The highest BCUT2D eigenvalue weighted by Gasteiger charge is 2.27. The van der Waals surface area contributed by atoms with Crippen molar-refractivity contribution in [2.45, 2.75) is 26.2 Å². The first-order valence-electron chi connectivity index (χ1n) is 9.10. The molecule has 0 spiro atoms. The van der Waals surface area contributed by atoms with Gasteiger partial charge in [0.25, 0.3) is 0 Å². The van der Waals surface area contributed by atoms with E-state index in [0.29, 0.717) is 5.75 Å². The Bertz CT molecular complexity index is 903. The van der Waals surface area contributed by atoms with Crippen molar-refractivity contribution < 1.29 is 5.11 Å². The normalized spacial score (nSPS) is 16.7. The molecule has 0 fully saturated rings. The molecule has 0 saturated heterocycles. The summed E-state index contributed by atoms with van der Waals surface area (Å²) in [6.45, 7) is 3.61. The van der Waals surface area contributed by atoms with Crippen molar-refractivity contribution in [3.05, 3.63) is 65.4 Å². The molecule has 7 nitrogen and oxygen atoms in total. The molecule has 1 unspecified atom stereocenters. The number of nitrogens with zero attached hydrogens (tertiary/aromatic N) is 4. The largest absolute Gasteiger partial charge is 0.508 e. The van der Waals surface area contributed by atoms with E-state index in [9.17, 15) is 5.11 Å². The Hall–Kier alpha value is -2.90. The van der Waals surface area contributed by atoms with Gasteiger partial charge in [0.2, 0.25) is 0 Å². The number of anilines is 1. The molecule has 3 N–H and O–H groups in total. The van der Waals surface area contributed by atoms with Crippen LogP contribution in [-0.2, 0) is 13.0 Å². The molecule has 140 valence electrons. The lowest BCUT2D eigenvalue weighted by Crippen LogP contribution is -2.52. The van der Waals surface area contributed by atoms with Gasteiger partial charge in [0.05, 0.1) is 5.69 Å². The van der Waals surface area contributed by atoms with Gasteiger partial charge in [0.1, 0.15) is 17.7 Å². The molecular weight excluding hydrogens is 340 g/mol. The van der Waals surface area contributed by atoms with Gasteiger partial charge in [-0.25, -0.2) is 0 Å². The summed E-state index contributed by atoms with van der Waals surface area (Å²) in [5, 5.41) is 25.1. The summed E-state index contributed by atoms with van der Waals surface area (Å²) < 4.78 is 1.86. The quantitative estimate of drug-likeness (QED) is 0.645. The first-order chi connectivity index (χ1) is 13.1. The second-order valence-electron chi connectivity index (χ2n) is 6.96. The minimum absolute atomic E-state index is 0.00249. The minimum Gasteiger partial charge on any atom is -0.508 e. The molecule has 1 aliphatic rings. The van der Waals surface area contributed by atoms with Gasteiger partial charge in [0, 0.05) is 13.1 Å². The average molecular weight is 364 g/mol. The molecule has 27 heavy (non-hydrogen) atoms. The molecule has 0 radical (unpaired) electrons. The van der Waals surface area contributed by atoms with Crippen molar-refractivity contribution in [1.29, 1.82) is 0 Å². The third-order valence-corrected chi connectivity index (χ3v) is 4.82. The molecule has 1 atom stereocenters. The zero-order valence-electron chi connectivity index (χ0n) is 15.6. The molecule has 0 bridgehead atoms. The van der Waals surface area contributed by atoms with Crippen LogP contribution in [0.5, 0.6) is 5.75 Å². The Kier molecular flexibility index (Phi) is 4.79. The highest BCUT2D eigenvalue weighted by Crippen LogP contribution is 2.24.